The molecule has 0 heterocycles. The van der Waals surface area contributed by atoms with Crippen LogP contribution in [-0.4, -0.2) is 6.66 Å². The molecular weight excluding hydrogens is 420 g/mol. The minimum absolute atomic E-state index is 0.00694. The number of hydrogen-bond donors (Lipinski definition) is 0. The molecular formula is C19H18Cl3MnP. The Bertz CT molecular complexity index is 646. The Kier molecular flexibility index (Phi) is 7.20. The van der Waals surface area contributed by atoms with Crippen LogP contribution >= 0.6 is 37.4 Å². The van der Waals surface area contributed by atoms with Crippen LogP contribution in [0.5, 0.6) is 0 Å². The van der Waals surface area contributed by atoms with E-state index in [1.54, 1.807) is 0 Å². The Labute approximate surface area is 163 Å². The van der Waals surface area contributed by atoms with E-state index in [1.165, 1.54) is 15.9 Å². The number of hydrogen-bond acceptors (Lipinski definition) is 0. The van der Waals surface area contributed by atoms with Crippen LogP contribution in [-0.2, 0) is 13.1 Å². The van der Waals surface area contributed by atoms with Crippen LogP contribution in [0.25, 0.3) is 0 Å². The molecule has 0 saturated carbocycles. The molecule has 5 heteroatoms. The SMILES string of the molecule is CP(Cl)(c1ccccc1)(c1ccccc1)c1ccccc1.[Cl][Mn][Cl]. The van der Waals surface area contributed by atoms with Crippen molar-refractivity contribution in [2.75, 3.05) is 6.66 Å². The Morgan fingerprint density at radius 3 is 1.00 bits per heavy atom. The van der Waals surface area contributed by atoms with Crippen molar-refractivity contribution < 1.29 is 13.1 Å². The molecule has 3 aromatic carbocycles. The summed E-state index contributed by atoms with van der Waals surface area (Å²) >= 11 is 7.51. The molecule has 0 atom stereocenters. The Morgan fingerprint density at radius 2 is 0.792 bits per heavy atom. The topological polar surface area (TPSA) is 0 Å². The van der Waals surface area contributed by atoms with Crippen molar-refractivity contribution in [3.05, 3.63) is 91.0 Å². The molecule has 0 amide bonds. The molecule has 0 saturated heterocycles. The maximum atomic E-state index is 7.50. The molecule has 0 radical (unpaired) electrons. The van der Waals surface area contributed by atoms with E-state index in [0.717, 1.165) is 0 Å². The van der Waals surface area contributed by atoms with Gasteiger partial charge in [-0.15, -0.1) is 0 Å². The second kappa shape index (κ2) is 8.72. The van der Waals surface area contributed by atoms with Crippen LogP contribution in [0.15, 0.2) is 91.0 Å². The van der Waals surface area contributed by atoms with Crippen LogP contribution in [0.4, 0.5) is 0 Å². The molecule has 0 spiro atoms. The first-order valence-corrected chi connectivity index (χ1v) is 14.1. The zero-order valence-corrected chi connectivity index (χ0v) is 17.5. The molecule has 127 valence electrons. The van der Waals surface area contributed by atoms with Crippen LogP contribution in [0.3, 0.4) is 0 Å². The van der Waals surface area contributed by atoms with Gasteiger partial charge in [-0.05, 0) is 0 Å². The van der Waals surface area contributed by atoms with Gasteiger partial charge in [-0.3, -0.25) is 0 Å². The predicted molar refractivity (Wildman–Crippen MR) is 109 cm³/mol. The molecule has 0 aliphatic heterocycles. The fourth-order valence-corrected chi connectivity index (χ4v) is 7.35. The van der Waals surface area contributed by atoms with Gasteiger partial charge in [0.2, 0.25) is 0 Å². The molecule has 0 aromatic heterocycles. The molecule has 0 fully saturated rings. The molecule has 0 nitrogen and oxygen atoms in total. The summed E-state index contributed by atoms with van der Waals surface area (Å²) in [6.07, 6.45) is 0. The monoisotopic (exact) mass is 437 g/mol. The summed E-state index contributed by atoms with van der Waals surface area (Å²) in [6, 6.07) is 31.4. The van der Waals surface area contributed by atoms with E-state index < -0.39 is 5.96 Å². The van der Waals surface area contributed by atoms with Gasteiger partial charge < -0.3 is 0 Å². The van der Waals surface area contributed by atoms with E-state index in [4.69, 9.17) is 31.4 Å². The van der Waals surface area contributed by atoms with E-state index in [1.807, 2.05) is 18.2 Å². The second-order valence-corrected chi connectivity index (χ2v) is 14.4. The number of rotatable bonds is 3. The first-order valence-electron chi connectivity index (χ1n) is 7.30. The van der Waals surface area contributed by atoms with Crippen LogP contribution in [0, 0.1) is 0 Å². The van der Waals surface area contributed by atoms with Crippen molar-refractivity contribution in [1.29, 1.82) is 0 Å². The van der Waals surface area contributed by atoms with Gasteiger partial charge >= 0.3 is 164 Å². The normalized spacial score (nSPS) is 12.4. The van der Waals surface area contributed by atoms with Crippen molar-refractivity contribution in [3.63, 3.8) is 0 Å². The second-order valence-electron chi connectivity index (χ2n) is 5.49. The minimum atomic E-state index is -2.90. The third-order valence-electron chi connectivity index (χ3n) is 4.11. The van der Waals surface area contributed by atoms with Gasteiger partial charge in [0.25, 0.3) is 0 Å². The van der Waals surface area contributed by atoms with Crippen molar-refractivity contribution in [1.82, 2.24) is 0 Å². The summed E-state index contributed by atoms with van der Waals surface area (Å²) in [7, 11) is 9.59. The first kappa shape index (κ1) is 19.8. The molecule has 3 rings (SSSR count). The molecule has 0 N–H and O–H groups in total. The van der Waals surface area contributed by atoms with E-state index >= 15 is 0 Å². The number of benzene rings is 3. The van der Waals surface area contributed by atoms with Gasteiger partial charge in [-0.2, -0.15) is 0 Å². The summed E-state index contributed by atoms with van der Waals surface area (Å²) in [6.45, 7) is 2.22. The summed E-state index contributed by atoms with van der Waals surface area (Å²) in [5.74, 6) is -2.90. The van der Waals surface area contributed by atoms with Crippen molar-refractivity contribution in [2.45, 2.75) is 0 Å². The van der Waals surface area contributed by atoms with Gasteiger partial charge in [0.1, 0.15) is 0 Å². The Morgan fingerprint density at radius 1 is 0.583 bits per heavy atom. The van der Waals surface area contributed by atoms with Crippen molar-refractivity contribution >= 4 is 53.3 Å². The molecule has 0 aliphatic rings. The summed E-state index contributed by atoms with van der Waals surface area (Å²) < 4.78 is 0. The summed E-state index contributed by atoms with van der Waals surface area (Å²) in [5, 5.41) is 3.59. The molecule has 0 aliphatic carbocycles. The standard InChI is InChI=1S/C19H18ClP.2ClH.Mn/c1-21(20,17-11-5-2-6-12-17,18-13-7-3-8-14-18)19-15-9-4-10-16-19;;;/h2-16H,1H3;2*1H;/q;;;+2/p-2. The quantitative estimate of drug-likeness (QED) is 0.365. The van der Waals surface area contributed by atoms with Gasteiger partial charge in [0.05, 0.1) is 0 Å². The van der Waals surface area contributed by atoms with Crippen LogP contribution in [0.2, 0.25) is 0 Å². The van der Waals surface area contributed by atoms with Crippen LogP contribution in [0.1, 0.15) is 0 Å². The summed E-state index contributed by atoms with van der Waals surface area (Å²) in [4.78, 5) is 0. The Hall–Kier alpha value is -0.521. The average Bonchev–Trinajstić information content (AvgIpc) is 2.65. The van der Waals surface area contributed by atoms with E-state index in [9.17, 15) is 0 Å². The first-order chi connectivity index (χ1) is 11.5. The van der Waals surface area contributed by atoms with Crippen molar-refractivity contribution in [2.24, 2.45) is 0 Å². The Balaban J connectivity index is 0.000000647. The predicted octanol–water partition coefficient (Wildman–Crippen LogP) is 5.68. The number of halogens is 3. The third-order valence-corrected chi connectivity index (χ3v) is 10.4. The molecule has 0 unspecified atom stereocenters. The van der Waals surface area contributed by atoms with Gasteiger partial charge in [-0.1, -0.05) is 0 Å². The van der Waals surface area contributed by atoms with Gasteiger partial charge in [-0.25, -0.2) is 0 Å². The van der Waals surface area contributed by atoms with Gasteiger partial charge in [0.15, 0.2) is 0 Å². The summed E-state index contributed by atoms with van der Waals surface area (Å²) in [5.41, 5.74) is 0. The molecule has 0 bridgehead atoms. The van der Waals surface area contributed by atoms with E-state index in [2.05, 4.69) is 79.5 Å². The maximum absolute atomic E-state index is 7.50. The van der Waals surface area contributed by atoms with Gasteiger partial charge in [0, 0.05) is 0 Å². The van der Waals surface area contributed by atoms with Crippen LogP contribution < -0.4 is 15.9 Å². The fourth-order valence-electron chi connectivity index (χ4n) is 2.79. The fraction of sp³-hybridized carbons (Fsp3) is 0.0526. The third kappa shape index (κ3) is 4.00. The van der Waals surface area contributed by atoms with E-state index in [-0.39, 0.29) is 13.1 Å². The zero-order valence-electron chi connectivity index (χ0n) is 13.1. The molecule has 3 aromatic rings. The zero-order chi connectivity index (χ0) is 17.5. The average molecular weight is 439 g/mol. The van der Waals surface area contributed by atoms with Crippen molar-refractivity contribution in [3.8, 4) is 0 Å². The molecule has 24 heavy (non-hydrogen) atoms. The van der Waals surface area contributed by atoms with E-state index in [0.29, 0.717) is 0 Å².